The number of nitrogens with one attached hydrogen (secondary N) is 1. The van der Waals surface area contributed by atoms with Crippen molar-refractivity contribution in [2.24, 2.45) is 0 Å². The highest BCUT2D eigenvalue weighted by molar-refractivity contribution is 5.99. The Bertz CT molecular complexity index is 525. The van der Waals surface area contributed by atoms with Crippen LogP contribution in [-0.4, -0.2) is 35.8 Å². The van der Waals surface area contributed by atoms with Crippen molar-refractivity contribution in [3.05, 3.63) is 29.6 Å². The van der Waals surface area contributed by atoms with E-state index in [4.69, 9.17) is 5.73 Å². The molecule has 1 aliphatic rings. The molecule has 2 amide bonds. The van der Waals surface area contributed by atoms with E-state index in [0.717, 1.165) is 6.07 Å². The quantitative estimate of drug-likeness (QED) is 0.797. The van der Waals surface area contributed by atoms with E-state index in [9.17, 15) is 14.0 Å². The molecule has 1 aromatic rings. The fourth-order valence-electron chi connectivity index (χ4n) is 2.41. The van der Waals surface area contributed by atoms with Gasteiger partial charge in [-0.05, 0) is 31.0 Å². The summed E-state index contributed by atoms with van der Waals surface area (Å²) in [4.78, 5) is 25.0. The van der Waals surface area contributed by atoms with E-state index < -0.39 is 5.82 Å². The largest absolute Gasteiger partial charge is 0.398 e. The van der Waals surface area contributed by atoms with Crippen LogP contribution in [0.4, 0.5) is 10.1 Å². The lowest BCUT2D eigenvalue weighted by Gasteiger charge is -2.32. The van der Waals surface area contributed by atoms with Crippen LogP contribution in [0.25, 0.3) is 0 Å². The fraction of sp³-hybridized carbons (Fsp3) is 0.429. The number of rotatable bonds is 2. The van der Waals surface area contributed by atoms with Crippen molar-refractivity contribution in [2.75, 3.05) is 18.8 Å². The van der Waals surface area contributed by atoms with Crippen LogP contribution in [-0.2, 0) is 4.79 Å². The topological polar surface area (TPSA) is 75.4 Å². The third-order valence-electron chi connectivity index (χ3n) is 3.43. The summed E-state index contributed by atoms with van der Waals surface area (Å²) >= 11 is 0. The van der Waals surface area contributed by atoms with Gasteiger partial charge in [0.15, 0.2) is 0 Å². The maximum absolute atomic E-state index is 13.0. The van der Waals surface area contributed by atoms with Gasteiger partial charge in [-0.15, -0.1) is 0 Å². The number of benzene rings is 1. The Labute approximate surface area is 116 Å². The number of piperidine rings is 1. The first kappa shape index (κ1) is 14.3. The standard InChI is InChI=1S/C14H18FN3O2/c1-9(19)17-11-4-6-18(7-5-11)14(20)12-3-2-10(15)8-13(12)16/h2-3,8,11H,4-7,16H2,1H3,(H,17,19). The highest BCUT2D eigenvalue weighted by atomic mass is 19.1. The SMILES string of the molecule is CC(=O)NC1CCN(C(=O)c2ccc(F)cc2N)CC1. The zero-order chi connectivity index (χ0) is 14.7. The van der Waals surface area contributed by atoms with Gasteiger partial charge < -0.3 is 16.0 Å². The summed E-state index contributed by atoms with van der Waals surface area (Å²) in [5.74, 6) is -0.704. The van der Waals surface area contributed by atoms with E-state index in [1.54, 1.807) is 4.90 Å². The zero-order valence-corrected chi connectivity index (χ0v) is 11.4. The summed E-state index contributed by atoms with van der Waals surface area (Å²) in [6, 6.07) is 3.90. The highest BCUT2D eigenvalue weighted by Crippen LogP contribution is 2.19. The zero-order valence-electron chi connectivity index (χ0n) is 11.4. The molecule has 1 aliphatic heterocycles. The molecule has 5 nitrogen and oxygen atoms in total. The Morgan fingerprint density at radius 3 is 2.55 bits per heavy atom. The molecule has 1 fully saturated rings. The molecule has 20 heavy (non-hydrogen) atoms. The number of likely N-dealkylation sites (tertiary alicyclic amines) is 1. The second-order valence-corrected chi connectivity index (χ2v) is 5.00. The van der Waals surface area contributed by atoms with Gasteiger partial charge in [0.1, 0.15) is 5.82 Å². The Kier molecular flexibility index (Phi) is 4.22. The molecule has 3 N–H and O–H groups in total. The van der Waals surface area contributed by atoms with Crippen LogP contribution in [0, 0.1) is 5.82 Å². The molecule has 6 heteroatoms. The number of carbonyl (C=O) groups is 2. The minimum Gasteiger partial charge on any atom is -0.398 e. The predicted molar refractivity (Wildman–Crippen MR) is 73.6 cm³/mol. The molecule has 0 saturated carbocycles. The van der Waals surface area contributed by atoms with E-state index in [1.807, 2.05) is 0 Å². The van der Waals surface area contributed by atoms with E-state index in [2.05, 4.69) is 5.32 Å². The van der Waals surface area contributed by atoms with E-state index in [0.29, 0.717) is 31.5 Å². The predicted octanol–water partition coefficient (Wildman–Crippen LogP) is 1.15. The Hall–Kier alpha value is -2.11. The summed E-state index contributed by atoms with van der Waals surface area (Å²) in [5.41, 5.74) is 6.15. The van der Waals surface area contributed by atoms with Gasteiger partial charge in [0.05, 0.1) is 5.56 Å². The molecular weight excluding hydrogens is 261 g/mol. The molecule has 0 aromatic heterocycles. The van der Waals surface area contributed by atoms with Crippen molar-refractivity contribution in [3.8, 4) is 0 Å². The Balaban J connectivity index is 1.99. The number of halogens is 1. The van der Waals surface area contributed by atoms with Crippen LogP contribution < -0.4 is 11.1 Å². The van der Waals surface area contributed by atoms with Gasteiger partial charge >= 0.3 is 0 Å². The summed E-state index contributed by atoms with van der Waals surface area (Å²) in [5, 5.41) is 2.85. The third kappa shape index (κ3) is 3.26. The van der Waals surface area contributed by atoms with Gasteiger partial charge in [0.2, 0.25) is 5.91 Å². The highest BCUT2D eigenvalue weighted by Gasteiger charge is 2.25. The molecular formula is C14H18FN3O2. The van der Waals surface area contributed by atoms with Crippen molar-refractivity contribution in [1.29, 1.82) is 0 Å². The molecule has 0 atom stereocenters. The lowest BCUT2D eigenvalue weighted by Crippen LogP contribution is -2.46. The van der Waals surface area contributed by atoms with Crippen LogP contribution in [0.2, 0.25) is 0 Å². The van der Waals surface area contributed by atoms with Crippen LogP contribution >= 0.6 is 0 Å². The van der Waals surface area contributed by atoms with Crippen LogP contribution in [0.1, 0.15) is 30.1 Å². The van der Waals surface area contributed by atoms with Gasteiger partial charge in [-0.2, -0.15) is 0 Å². The van der Waals surface area contributed by atoms with Crippen molar-refractivity contribution >= 4 is 17.5 Å². The maximum atomic E-state index is 13.0. The van der Waals surface area contributed by atoms with Crippen molar-refractivity contribution < 1.29 is 14.0 Å². The van der Waals surface area contributed by atoms with Crippen LogP contribution in [0.15, 0.2) is 18.2 Å². The second kappa shape index (κ2) is 5.90. The van der Waals surface area contributed by atoms with E-state index in [-0.39, 0.29) is 23.5 Å². The molecule has 2 rings (SSSR count). The van der Waals surface area contributed by atoms with Crippen LogP contribution in [0.5, 0.6) is 0 Å². The number of nitrogens with two attached hydrogens (primary N) is 1. The average molecular weight is 279 g/mol. The molecule has 0 unspecified atom stereocenters. The number of carbonyl (C=O) groups excluding carboxylic acids is 2. The molecule has 1 heterocycles. The molecule has 0 aliphatic carbocycles. The number of anilines is 1. The van der Waals surface area contributed by atoms with Crippen molar-refractivity contribution in [1.82, 2.24) is 10.2 Å². The minimum atomic E-state index is -0.455. The molecule has 0 bridgehead atoms. The third-order valence-corrected chi connectivity index (χ3v) is 3.43. The number of hydrogen-bond acceptors (Lipinski definition) is 3. The van der Waals surface area contributed by atoms with Gasteiger partial charge in [-0.25, -0.2) is 4.39 Å². The summed E-state index contributed by atoms with van der Waals surface area (Å²) in [6.45, 7) is 2.60. The molecule has 1 saturated heterocycles. The van der Waals surface area contributed by atoms with Crippen molar-refractivity contribution in [3.63, 3.8) is 0 Å². The van der Waals surface area contributed by atoms with Gasteiger partial charge in [0, 0.05) is 31.7 Å². The first-order chi connectivity index (χ1) is 9.47. The molecule has 0 spiro atoms. The molecule has 0 radical (unpaired) electrons. The van der Waals surface area contributed by atoms with Crippen molar-refractivity contribution in [2.45, 2.75) is 25.8 Å². The first-order valence-electron chi connectivity index (χ1n) is 6.59. The lowest BCUT2D eigenvalue weighted by molar-refractivity contribution is -0.119. The van der Waals surface area contributed by atoms with Gasteiger partial charge in [0.25, 0.3) is 5.91 Å². The number of hydrogen-bond donors (Lipinski definition) is 2. The van der Waals surface area contributed by atoms with E-state index in [1.165, 1.54) is 19.1 Å². The lowest BCUT2D eigenvalue weighted by atomic mass is 10.0. The average Bonchev–Trinajstić information content (AvgIpc) is 2.38. The second-order valence-electron chi connectivity index (χ2n) is 5.00. The Morgan fingerprint density at radius 2 is 2.00 bits per heavy atom. The minimum absolute atomic E-state index is 0.0578. The summed E-state index contributed by atoms with van der Waals surface area (Å²) in [6.07, 6.45) is 1.43. The number of nitrogens with zero attached hydrogens (tertiary/aromatic N) is 1. The number of amides is 2. The number of nitrogen functional groups attached to an aromatic ring is 1. The molecule has 1 aromatic carbocycles. The Morgan fingerprint density at radius 1 is 1.35 bits per heavy atom. The van der Waals surface area contributed by atoms with Crippen LogP contribution in [0.3, 0.4) is 0 Å². The van der Waals surface area contributed by atoms with E-state index >= 15 is 0 Å². The first-order valence-corrected chi connectivity index (χ1v) is 6.59. The monoisotopic (exact) mass is 279 g/mol. The van der Waals surface area contributed by atoms with Gasteiger partial charge in [-0.1, -0.05) is 0 Å². The van der Waals surface area contributed by atoms with Gasteiger partial charge in [-0.3, -0.25) is 9.59 Å². The summed E-state index contributed by atoms with van der Waals surface area (Å²) in [7, 11) is 0. The smallest absolute Gasteiger partial charge is 0.255 e. The maximum Gasteiger partial charge on any atom is 0.255 e. The fourth-order valence-corrected chi connectivity index (χ4v) is 2.41. The normalized spacial score (nSPS) is 16.0. The molecule has 108 valence electrons. The summed E-state index contributed by atoms with van der Waals surface area (Å²) < 4.78 is 13.0.